The van der Waals surface area contributed by atoms with E-state index in [1.54, 1.807) is 17.7 Å². The summed E-state index contributed by atoms with van der Waals surface area (Å²) in [6.45, 7) is 1.18. The highest BCUT2D eigenvalue weighted by molar-refractivity contribution is 7.19. The Bertz CT molecular complexity index is 972. The minimum atomic E-state index is -4.35. The fourth-order valence-electron chi connectivity index (χ4n) is 2.84. The van der Waals surface area contributed by atoms with Crippen molar-refractivity contribution in [3.8, 4) is 10.4 Å². The van der Waals surface area contributed by atoms with E-state index >= 15 is 0 Å². The Morgan fingerprint density at radius 3 is 2.56 bits per heavy atom. The van der Waals surface area contributed by atoms with Crippen molar-refractivity contribution in [3.05, 3.63) is 57.4 Å². The Morgan fingerprint density at radius 2 is 1.93 bits per heavy atom. The summed E-state index contributed by atoms with van der Waals surface area (Å²) in [7, 11) is 0. The van der Waals surface area contributed by atoms with Gasteiger partial charge in [-0.2, -0.15) is 13.2 Å². The summed E-state index contributed by atoms with van der Waals surface area (Å²) < 4.78 is 38.0. The molecule has 27 heavy (non-hydrogen) atoms. The van der Waals surface area contributed by atoms with Gasteiger partial charge in [-0.3, -0.25) is 10.0 Å². The van der Waals surface area contributed by atoms with Crippen molar-refractivity contribution < 1.29 is 23.2 Å². The Morgan fingerprint density at radius 1 is 1.19 bits per heavy atom. The van der Waals surface area contributed by atoms with Gasteiger partial charge in [-0.15, -0.1) is 11.3 Å². The number of halogens is 3. The van der Waals surface area contributed by atoms with Gasteiger partial charge in [0.2, 0.25) is 0 Å². The third kappa shape index (κ3) is 3.43. The van der Waals surface area contributed by atoms with Crippen LogP contribution < -0.4 is 10.4 Å². The largest absolute Gasteiger partial charge is 0.416 e. The van der Waals surface area contributed by atoms with Crippen molar-refractivity contribution >= 4 is 33.7 Å². The zero-order valence-corrected chi connectivity index (χ0v) is 15.2. The second-order valence-electron chi connectivity index (χ2n) is 5.94. The molecule has 0 spiro atoms. The van der Waals surface area contributed by atoms with Crippen molar-refractivity contribution in [2.75, 3.05) is 4.90 Å². The Kier molecular flexibility index (Phi) is 4.41. The van der Waals surface area contributed by atoms with Crippen LogP contribution in [0.5, 0.6) is 0 Å². The van der Waals surface area contributed by atoms with Gasteiger partial charge in [0.15, 0.2) is 5.13 Å². The maximum atomic E-state index is 12.7. The van der Waals surface area contributed by atoms with Gasteiger partial charge < -0.3 is 4.90 Å². The van der Waals surface area contributed by atoms with E-state index in [2.05, 4.69) is 4.98 Å². The van der Waals surface area contributed by atoms with Gasteiger partial charge in [-0.25, -0.2) is 10.5 Å². The fourth-order valence-corrected chi connectivity index (χ4v) is 4.84. The third-order valence-electron chi connectivity index (χ3n) is 4.18. The number of carbonyl (C=O) groups is 1. The molecule has 3 heterocycles. The zero-order chi connectivity index (χ0) is 19.2. The fraction of sp³-hybridized carbons (Fsp3) is 0.176. The second-order valence-corrected chi connectivity index (χ2v) is 8.08. The van der Waals surface area contributed by atoms with E-state index in [9.17, 15) is 18.0 Å². The highest BCUT2D eigenvalue weighted by Crippen LogP contribution is 2.38. The van der Waals surface area contributed by atoms with E-state index < -0.39 is 17.6 Å². The first kappa shape index (κ1) is 18.0. The van der Waals surface area contributed by atoms with Crippen molar-refractivity contribution in [2.24, 2.45) is 0 Å². The van der Waals surface area contributed by atoms with Crippen molar-refractivity contribution in [3.63, 3.8) is 0 Å². The third-order valence-corrected chi connectivity index (χ3v) is 6.45. The monoisotopic (exact) mass is 411 g/mol. The minimum Gasteiger partial charge on any atom is -0.339 e. The van der Waals surface area contributed by atoms with E-state index in [-0.39, 0.29) is 0 Å². The van der Waals surface area contributed by atoms with Crippen molar-refractivity contribution in [2.45, 2.75) is 19.3 Å². The van der Waals surface area contributed by atoms with Crippen molar-refractivity contribution in [1.82, 2.24) is 10.5 Å². The predicted octanol–water partition coefficient (Wildman–Crippen LogP) is 4.53. The molecule has 140 valence electrons. The molecule has 0 fully saturated rings. The average molecular weight is 411 g/mol. The lowest BCUT2D eigenvalue weighted by atomic mass is 10.1. The molecule has 10 heteroatoms. The minimum absolute atomic E-state index is 0.451. The molecule has 0 aliphatic carbocycles. The average Bonchev–Trinajstić information content (AvgIpc) is 3.34. The molecule has 2 aromatic heterocycles. The summed E-state index contributed by atoms with van der Waals surface area (Å²) in [6.07, 6.45) is -2.70. The molecule has 2 N–H and O–H groups in total. The van der Waals surface area contributed by atoms with E-state index in [4.69, 9.17) is 5.21 Å². The number of thiazole rings is 1. The molecule has 0 atom stereocenters. The first-order valence-corrected chi connectivity index (χ1v) is 9.43. The lowest BCUT2D eigenvalue weighted by Crippen LogP contribution is -2.18. The number of hydrogen-bond donors (Lipinski definition) is 2. The molecule has 0 saturated carbocycles. The highest BCUT2D eigenvalue weighted by atomic mass is 32.1. The molecule has 0 unspecified atom stereocenters. The lowest BCUT2D eigenvalue weighted by Gasteiger charge is -2.13. The number of nitrogens with one attached hydrogen (secondary N) is 1. The summed E-state index contributed by atoms with van der Waals surface area (Å²) in [6, 6.07) is 6.77. The molecule has 5 nitrogen and oxygen atoms in total. The molecule has 1 aromatic carbocycles. The van der Waals surface area contributed by atoms with Crippen LogP contribution in [0.3, 0.4) is 0 Å². The number of hydrogen-bond acceptors (Lipinski definition) is 6. The van der Waals surface area contributed by atoms with E-state index in [0.717, 1.165) is 32.6 Å². The normalized spacial score (nSPS) is 13.7. The second kappa shape index (κ2) is 6.63. The molecule has 0 radical (unpaired) electrons. The summed E-state index contributed by atoms with van der Waals surface area (Å²) in [4.78, 5) is 20.2. The number of anilines is 1. The number of aromatic nitrogens is 1. The van der Waals surface area contributed by atoms with Gasteiger partial charge in [-0.1, -0.05) is 23.5 Å². The molecule has 1 aliphatic heterocycles. The first-order valence-electron chi connectivity index (χ1n) is 7.79. The maximum absolute atomic E-state index is 12.7. The van der Waals surface area contributed by atoms with Crippen LogP contribution in [0, 0.1) is 0 Å². The number of carbonyl (C=O) groups excluding carboxylic acids is 1. The van der Waals surface area contributed by atoms with Gasteiger partial charge >= 0.3 is 6.18 Å². The maximum Gasteiger partial charge on any atom is 0.416 e. The topological polar surface area (TPSA) is 65.5 Å². The number of fused-ring (bicyclic) bond motifs is 1. The number of amides is 1. The highest BCUT2D eigenvalue weighted by Gasteiger charge is 2.30. The van der Waals surface area contributed by atoms with Crippen LogP contribution in [-0.4, -0.2) is 16.1 Å². The molecular formula is C17H12F3N3O2S2. The molecule has 4 rings (SSSR count). The van der Waals surface area contributed by atoms with Crippen LogP contribution in [0.4, 0.5) is 18.3 Å². The molecule has 0 bridgehead atoms. The number of alkyl halides is 3. The van der Waals surface area contributed by atoms with Gasteiger partial charge in [0.1, 0.15) is 0 Å². The van der Waals surface area contributed by atoms with Crippen LogP contribution in [0.1, 0.15) is 25.7 Å². The molecule has 1 amide bonds. The molecule has 3 aromatic rings. The van der Waals surface area contributed by atoms with Gasteiger partial charge in [-0.05, 0) is 29.3 Å². The van der Waals surface area contributed by atoms with Crippen LogP contribution >= 0.6 is 22.7 Å². The standard InChI is InChI=1S/C17H12F3N3O2S2/c18-17(19,20)11-3-1-9(2-4-11)13-6-21-16(27-13)23-7-10-5-12(15(24)22-25)26-14(10)8-23/h1-6,25H,7-8H2,(H,22,24). The van der Waals surface area contributed by atoms with Gasteiger partial charge in [0.05, 0.1) is 21.9 Å². The zero-order valence-electron chi connectivity index (χ0n) is 13.6. The van der Waals surface area contributed by atoms with E-state index in [1.807, 2.05) is 4.90 Å². The summed E-state index contributed by atoms with van der Waals surface area (Å²) >= 11 is 2.72. The number of hydroxylamine groups is 1. The Balaban J connectivity index is 1.50. The smallest absolute Gasteiger partial charge is 0.339 e. The van der Waals surface area contributed by atoms with Crippen LogP contribution in [-0.2, 0) is 19.3 Å². The number of rotatable bonds is 3. The predicted molar refractivity (Wildman–Crippen MR) is 96.0 cm³/mol. The molecule has 1 aliphatic rings. The summed E-state index contributed by atoms with van der Waals surface area (Å²) in [5.41, 5.74) is 2.63. The van der Waals surface area contributed by atoms with Crippen LogP contribution in [0.2, 0.25) is 0 Å². The molecule has 0 saturated heterocycles. The number of thiophene rings is 1. The van der Waals surface area contributed by atoms with Crippen molar-refractivity contribution in [1.29, 1.82) is 0 Å². The first-order chi connectivity index (χ1) is 12.8. The van der Waals surface area contributed by atoms with Crippen LogP contribution in [0.25, 0.3) is 10.4 Å². The Labute approximate surface area is 159 Å². The number of benzene rings is 1. The van der Waals surface area contributed by atoms with Gasteiger partial charge in [0.25, 0.3) is 5.91 Å². The van der Waals surface area contributed by atoms with E-state index in [0.29, 0.717) is 23.5 Å². The SMILES string of the molecule is O=C(NO)c1cc2c(s1)CN(c1ncc(-c3ccc(C(F)(F)F)cc3)s1)C2. The van der Waals surface area contributed by atoms with Gasteiger partial charge in [0, 0.05) is 17.6 Å². The van der Waals surface area contributed by atoms with Crippen LogP contribution in [0.15, 0.2) is 36.5 Å². The quantitative estimate of drug-likeness (QED) is 0.491. The summed E-state index contributed by atoms with van der Waals surface area (Å²) in [5.74, 6) is -0.528. The number of nitrogens with zero attached hydrogens (tertiary/aromatic N) is 2. The molecular weight excluding hydrogens is 399 g/mol. The lowest BCUT2D eigenvalue weighted by molar-refractivity contribution is -0.137. The van der Waals surface area contributed by atoms with E-state index in [1.165, 1.54) is 34.8 Å². The summed E-state index contributed by atoms with van der Waals surface area (Å²) in [5, 5.41) is 9.47. The Hall–Kier alpha value is -2.43.